The Morgan fingerprint density at radius 2 is 2.11 bits per heavy atom. The first-order valence-electron chi connectivity index (χ1n) is 7.09. The molecule has 0 aliphatic carbocycles. The number of hydrogen-bond acceptors (Lipinski definition) is 4. The van der Waals surface area contributed by atoms with Crippen molar-refractivity contribution in [2.45, 2.75) is 37.8 Å². The van der Waals surface area contributed by atoms with Crippen LogP contribution >= 0.6 is 0 Å². The highest BCUT2D eigenvalue weighted by Crippen LogP contribution is 2.09. The van der Waals surface area contributed by atoms with Gasteiger partial charge in [-0.3, -0.25) is 4.99 Å². The van der Waals surface area contributed by atoms with Gasteiger partial charge in [-0.05, 0) is 46.0 Å². The monoisotopic (exact) mass is 268 g/mol. The van der Waals surface area contributed by atoms with Crippen molar-refractivity contribution in [2.24, 2.45) is 21.5 Å². The minimum absolute atomic E-state index is 0.192. The average molecular weight is 268 g/mol. The summed E-state index contributed by atoms with van der Waals surface area (Å²) in [5, 5.41) is 3.10. The van der Waals surface area contributed by atoms with Crippen LogP contribution in [0.15, 0.2) is 9.98 Å². The molecule has 6 nitrogen and oxygen atoms in total. The van der Waals surface area contributed by atoms with E-state index in [9.17, 15) is 0 Å². The number of nitrogens with zero attached hydrogens (tertiary/aromatic N) is 3. The zero-order valence-electron chi connectivity index (χ0n) is 12.0. The van der Waals surface area contributed by atoms with Crippen molar-refractivity contribution in [3.05, 3.63) is 0 Å². The Hall–Kier alpha value is -0.980. The minimum atomic E-state index is 0.192. The van der Waals surface area contributed by atoms with E-state index in [1.165, 1.54) is 0 Å². The molecular formula is C13H28N6. The molecule has 6 heteroatoms. The van der Waals surface area contributed by atoms with Gasteiger partial charge in [-0.1, -0.05) is 0 Å². The van der Waals surface area contributed by atoms with Gasteiger partial charge < -0.3 is 21.7 Å². The number of nitrogens with one attached hydrogen (secondary N) is 1. The second-order valence-electron chi connectivity index (χ2n) is 5.11. The third kappa shape index (κ3) is 6.13. The van der Waals surface area contributed by atoms with Gasteiger partial charge in [-0.25, -0.2) is 4.99 Å². The molecule has 0 aromatic heterocycles. The molecule has 19 heavy (non-hydrogen) atoms. The van der Waals surface area contributed by atoms with E-state index in [0.717, 1.165) is 51.3 Å². The summed E-state index contributed by atoms with van der Waals surface area (Å²) in [4.78, 5) is 10.7. The maximum absolute atomic E-state index is 6.00. The van der Waals surface area contributed by atoms with Crippen LogP contribution in [0.4, 0.5) is 0 Å². The van der Waals surface area contributed by atoms with Crippen molar-refractivity contribution < 1.29 is 0 Å². The number of nitrogens with two attached hydrogens (primary N) is 2. The van der Waals surface area contributed by atoms with Gasteiger partial charge in [0.1, 0.15) is 0 Å². The SMILES string of the molecule is C=NC(=NCCC(N)CCNC)N1CCC(N)CC1. The highest BCUT2D eigenvalue weighted by Gasteiger charge is 2.18. The van der Waals surface area contributed by atoms with Gasteiger partial charge >= 0.3 is 0 Å². The number of hydrogen-bond donors (Lipinski definition) is 3. The van der Waals surface area contributed by atoms with E-state index < -0.39 is 0 Å². The lowest BCUT2D eigenvalue weighted by Crippen LogP contribution is -2.42. The van der Waals surface area contributed by atoms with Crippen molar-refractivity contribution in [3.63, 3.8) is 0 Å². The number of piperidine rings is 1. The van der Waals surface area contributed by atoms with Crippen LogP contribution in [0.3, 0.4) is 0 Å². The van der Waals surface area contributed by atoms with Crippen molar-refractivity contribution in [1.29, 1.82) is 0 Å². The first-order valence-corrected chi connectivity index (χ1v) is 7.09. The molecular weight excluding hydrogens is 240 g/mol. The third-order valence-electron chi connectivity index (χ3n) is 3.48. The fourth-order valence-electron chi connectivity index (χ4n) is 2.15. The molecule has 1 fully saturated rings. The summed E-state index contributed by atoms with van der Waals surface area (Å²) in [5.74, 6) is 0.743. The Morgan fingerprint density at radius 3 is 2.68 bits per heavy atom. The van der Waals surface area contributed by atoms with Gasteiger partial charge in [0, 0.05) is 31.7 Å². The van der Waals surface area contributed by atoms with Crippen LogP contribution in [0.5, 0.6) is 0 Å². The second-order valence-corrected chi connectivity index (χ2v) is 5.11. The number of guanidine groups is 1. The van der Waals surface area contributed by atoms with E-state index in [1.54, 1.807) is 0 Å². The Labute approximate surface area is 116 Å². The first kappa shape index (κ1) is 16.1. The van der Waals surface area contributed by atoms with E-state index in [4.69, 9.17) is 11.5 Å². The van der Waals surface area contributed by atoms with Crippen molar-refractivity contribution in [3.8, 4) is 0 Å². The van der Waals surface area contributed by atoms with Gasteiger partial charge in [-0.2, -0.15) is 0 Å². The number of rotatable bonds is 6. The summed E-state index contributed by atoms with van der Waals surface area (Å²) in [7, 11) is 1.94. The highest BCUT2D eigenvalue weighted by molar-refractivity contribution is 5.84. The molecule has 0 amide bonds. The van der Waals surface area contributed by atoms with Crippen LogP contribution in [0, 0.1) is 0 Å². The number of likely N-dealkylation sites (tertiary alicyclic amines) is 1. The lowest BCUT2D eigenvalue weighted by molar-refractivity contribution is 0.310. The van der Waals surface area contributed by atoms with Crippen LogP contribution in [-0.2, 0) is 0 Å². The lowest BCUT2D eigenvalue weighted by Gasteiger charge is -2.30. The Morgan fingerprint density at radius 1 is 1.42 bits per heavy atom. The van der Waals surface area contributed by atoms with E-state index in [1.807, 2.05) is 7.05 Å². The highest BCUT2D eigenvalue weighted by atomic mass is 15.3. The molecule has 1 saturated heterocycles. The predicted octanol–water partition coefficient (Wildman–Crippen LogP) is -0.207. The van der Waals surface area contributed by atoms with Gasteiger partial charge in [0.2, 0.25) is 5.96 Å². The molecule has 1 unspecified atom stereocenters. The fourth-order valence-corrected chi connectivity index (χ4v) is 2.15. The smallest absolute Gasteiger partial charge is 0.220 e. The van der Waals surface area contributed by atoms with Gasteiger partial charge in [-0.15, -0.1) is 0 Å². The maximum atomic E-state index is 6.00. The van der Waals surface area contributed by atoms with E-state index >= 15 is 0 Å². The molecule has 0 saturated carbocycles. The summed E-state index contributed by atoms with van der Waals surface area (Å²) in [6.45, 7) is 7.11. The Kier molecular flexibility index (Phi) is 7.62. The minimum Gasteiger partial charge on any atom is -0.341 e. The Bertz CT molecular complexity index is 283. The topological polar surface area (TPSA) is 92.0 Å². The molecule has 0 spiro atoms. The molecule has 1 rings (SSSR count). The van der Waals surface area contributed by atoms with Crippen molar-refractivity contribution in [2.75, 3.05) is 33.2 Å². The summed E-state index contributed by atoms with van der Waals surface area (Å²) >= 11 is 0. The molecule has 1 atom stereocenters. The molecule has 0 aromatic rings. The van der Waals surface area contributed by atoms with Gasteiger partial charge in [0.25, 0.3) is 0 Å². The molecule has 1 aliphatic rings. The summed E-state index contributed by atoms with van der Waals surface area (Å²) < 4.78 is 0. The normalized spacial score (nSPS) is 19.5. The Balaban J connectivity index is 2.33. The molecule has 0 bridgehead atoms. The van der Waals surface area contributed by atoms with E-state index in [-0.39, 0.29) is 6.04 Å². The van der Waals surface area contributed by atoms with Gasteiger partial charge in [0.05, 0.1) is 0 Å². The zero-order valence-corrected chi connectivity index (χ0v) is 12.0. The molecule has 110 valence electrons. The van der Waals surface area contributed by atoms with Crippen molar-refractivity contribution >= 4 is 12.7 Å². The molecule has 5 N–H and O–H groups in total. The van der Waals surface area contributed by atoms with Crippen LogP contribution in [0.1, 0.15) is 25.7 Å². The predicted molar refractivity (Wildman–Crippen MR) is 81.8 cm³/mol. The summed E-state index contributed by atoms with van der Waals surface area (Å²) in [6, 6.07) is 0.509. The maximum Gasteiger partial charge on any atom is 0.220 e. The molecule has 0 aromatic carbocycles. The van der Waals surface area contributed by atoms with Crippen LogP contribution < -0.4 is 16.8 Å². The second kappa shape index (κ2) is 9.01. The quantitative estimate of drug-likeness (QED) is 0.459. The summed E-state index contributed by atoms with van der Waals surface area (Å²) in [6.07, 6.45) is 3.85. The summed E-state index contributed by atoms with van der Waals surface area (Å²) in [5.41, 5.74) is 11.9. The van der Waals surface area contributed by atoms with E-state index in [2.05, 4.69) is 26.9 Å². The number of aliphatic imine (C=N–C) groups is 2. The first-order chi connectivity index (χ1) is 9.17. The lowest BCUT2D eigenvalue weighted by atomic mass is 10.1. The van der Waals surface area contributed by atoms with E-state index in [0.29, 0.717) is 12.6 Å². The molecule has 1 aliphatic heterocycles. The largest absolute Gasteiger partial charge is 0.341 e. The molecule has 1 heterocycles. The van der Waals surface area contributed by atoms with Crippen LogP contribution in [0.2, 0.25) is 0 Å². The molecule has 0 radical (unpaired) electrons. The third-order valence-corrected chi connectivity index (χ3v) is 3.48. The van der Waals surface area contributed by atoms with Crippen LogP contribution in [-0.4, -0.2) is 62.9 Å². The standard InChI is InChI=1S/C13H28N6/c1-16-7-3-11(14)4-8-18-13(17-2)19-9-5-12(15)6-10-19/h11-12,16H,2-10,14-15H2,1H3. The fraction of sp³-hybridized carbons (Fsp3) is 0.846. The van der Waals surface area contributed by atoms with Crippen LogP contribution in [0.25, 0.3) is 0 Å². The average Bonchev–Trinajstić information content (AvgIpc) is 2.42. The van der Waals surface area contributed by atoms with Gasteiger partial charge in [0.15, 0.2) is 0 Å². The zero-order chi connectivity index (χ0) is 14.1. The van der Waals surface area contributed by atoms with Crippen molar-refractivity contribution in [1.82, 2.24) is 10.2 Å².